The molecule has 7 heteroatoms. The molecule has 0 unspecified atom stereocenters. The molecular weight excluding hydrogens is 339 g/mol. The third kappa shape index (κ3) is 4.03. The SMILES string of the molecule is Fc1ccc(NC(=S)NC[C@@H]2COc3ccccc3O2)cc1Cl. The largest absolute Gasteiger partial charge is 0.486 e. The van der Waals surface area contributed by atoms with Crippen LogP contribution in [0.4, 0.5) is 10.1 Å². The summed E-state index contributed by atoms with van der Waals surface area (Å²) in [7, 11) is 0. The molecule has 1 heterocycles. The highest BCUT2D eigenvalue weighted by atomic mass is 35.5. The van der Waals surface area contributed by atoms with Gasteiger partial charge in [0, 0.05) is 5.69 Å². The lowest BCUT2D eigenvalue weighted by Crippen LogP contribution is -2.42. The molecule has 4 nitrogen and oxygen atoms in total. The van der Waals surface area contributed by atoms with Crippen LogP contribution in [0.25, 0.3) is 0 Å². The Morgan fingerprint density at radius 2 is 2.04 bits per heavy atom. The predicted octanol–water partition coefficient (Wildman–Crippen LogP) is 3.61. The first-order valence-electron chi connectivity index (χ1n) is 7.00. The molecule has 2 aromatic rings. The second-order valence-corrected chi connectivity index (χ2v) is 5.78. The van der Waals surface area contributed by atoms with Gasteiger partial charge < -0.3 is 20.1 Å². The lowest BCUT2D eigenvalue weighted by atomic mass is 10.2. The van der Waals surface area contributed by atoms with Crippen LogP contribution < -0.4 is 20.1 Å². The van der Waals surface area contributed by atoms with E-state index in [4.69, 9.17) is 33.3 Å². The molecule has 3 rings (SSSR count). The average Bonchev–Trinajstić information content (AvgIpc) is 2.56. The zero-order valence-electron chi connectivity index (χ0n) is 12.0. The lowest BCUT2D eigenvalue weighted by molar-refractivity contribution is 0.0939. The topological polar surface area (TPSA) is 42.5 Å². The minimum absolute atomic E-state index is 0.0402. The molecule has 0 fully saturated rings. The monoisotopic (exact) mass is 352 g/mol. The molecular formula is C16H14ClFN2O2S. The van der Waals surface area contributed by atoms with E-state index in [-0.39, 0.29) is 11.1 Å². The second kappa shape index (κ2) is 7.02. The molecule has 0 saturated heterocycles. The number of ether oxygens (including phenoxy) is 2. The normalized spacial score (nSPS) is 15.8. The highest BCUT2D eigenvalue weighted by molar-refractivity contribution is 7.80. The van der Waals surface area contributed by atoms with Crippen molar-refractivity contribution in [2.45, 2.75) is 6.10 Å². The Bertz CT molecular complexity index is 729. The summed E-state index contributed by atoms with van der Waals surface area (Å²) in [5, 5.41) is 6.42. The smallest absolute Gasteiger partial charge is 0.170 e. The van der Waals surface area contributed by atoms with E-state index in [9.17, 15) is 4.39 Å². The molecule has 0 aliphatic carbocycles. The maximum Gasteiger partial charge on any atom is 0.170 e. The molecule has 2 N–H and O–H groups in total. The van der Waals surface area contributed by atoms with Crippen LogP contribution in [0.1, 0.15) is 0 Å². The molecule has 0 amide bonds. The van der Waals surface area contributed by atoms with E-state index in [2.05, 4.69) is 10.6 Å². The fraction of sp³-hybridized carbons (Fsp3) is 0.188. The summed E-state index contributed by atoms with van der Waals surface area (Å²) in [5.41, 5.74) is 0.611. The van der Waals surface area contributed by atoms with Gasteiger partial charge in [0.1, 0.15) is 18.5 Å². The third-order valence-corrected chi connectivity index (χ3v) is 3.77. The van der Waals surface area contributed by atoms with E-state index in [1.54, 1.807) is 6.07 Å². The molecule has 0 saturated carbocycles. The number of fused-ring (bicyclic) bond motifs is 1. The highest BCUT2D eigenvalue weighted by Gasteiger charge is 2.20. The van der Waals surface area contributed by atoms with Gasteiger partial charge in [-0.3, -0.25) is 0 Å². The lowest BCUT2D eigenvalue weighted by Gasteiger charge is -2.27. The molecule has 0 bridgehead atoms. The van der Waals surface area contributed by atoms with Crippen molar-refractivity contribution in [1.82, 2.24) is 5.32 Å². The standard InChI is InChI=1S/C16H14ClFN2O2S/c17-12-7-10(5-6-13(12)18)20-16(23)19-8-11-9-21-14-3-1-2-4-15(14)22-11/h1-7,11H,8-9H2,(H2,19,20,23)/t11-/m1/s1. The number of hydrogen-bond acceptors (Lipinski definition) is 3. The van der Waals surface area contributed by atoms with Crippen LogP contribution in [0.3, 0.4) is 0 Å². The molecule has 23 heavy (non-hydrogen) atoms. The Morgan fingerprint density at radius 1 is 1.26 bits per heavy atom. The summed E-state index contributed by atoms with van der Waals surface area (Å²) in [6, 6.07) is 11.8. The van der Waals surface area contributed by atoms with Crippen molar-refractivity contribution < 1.29 is 13.9 Å². The van der Waals surface area contributed by atoms with Crippen LogP contribution in [0.15, 0.2) is 42.5 Å². The number of para-hydroxylation sites is 2. The average molecular weight is 353 g/mol. The Morgan fingerprint density at radius 3 is 2.83 bits per heavy atom. The summed E-state index contributed by atoms with van der Waals surface area (Å²) in [6.07, 6.45) is -0.151. The van der Waals surface area contributed by atoms with Crippen molar-refractivity contribution in [3.05, 3.63) is 53.3 Å². The van der Waals surface area contributed by atoms with Crippen molar-refractivity contribution in [3.8, 4) is 11.5 Å². The highest BCUT2D eigenvalue weighted by Crippen LogP contribution is 2.30. The van der Waals surface area contributed by atoms with Gasteiger partial charge in [0.15, 0.2) is 16.6 Å². The van der Waals surface area contributed by atoms with Crippen LogP contribution in [-0.4, -0.2) is 24.4 Å². The number of anilines is 1. The Labute approximate surface area is 143 Å². The van der Waals surface area contributed by atoms with Crippen LogP contribution in [0.5, 0.6) is 11.5 Å². The first kappa shape index (κ1) is 15.8. The number of rotatable bonds is 3. The van der Waals surface area contributed by atoms with Gasteiger partial charge in [-0.1, -0.05) is 23.7 Å². The quantitative estimate of drug-likeness (QED) is 0.826. The van der Waals surface area contributed by atoms with Crippen LogP contribution in [0, 0.1) is 5.82 Å². The fourth-order valence-corrected chi connectivity index (χ4v) is 2.50. The maximum atomic E-state index is 13.1. The Kier molecular flexibility index (Phi) is 4.83. The van der Waals surface area contributed by atoms with Gasteiger partial charge in [0.05, 0.1) is 11.6 Å². The Hall–Kier alpha value is -2.05. The first-order valence-corrected chi connectivity index (χ1v) is 7.79. The van der Waals surface area contributed by atoms with Gasteiger partial charge in [-0.25, -0.2) is 4.39 Å². The van der Waals surface area contributed by atoms with Gasteiger partial charge in [0.25, 0.3) is 0 Å². The van der Waals surface area contributed by atoms with E-state index >= 15 is 0 Å². The van der Waals surface area contributed by atoms with Gasteiger partial charge in [-0.2, -0.15) is 0 Å². The molecule has 1 atom stereocenters. The molecule has 1 aliphatic heterocycles. The van der Waals surface area contributed by atoms with Gasteiger partial charge in [-0.15, -0.1) is 0 Å². The van der Waals surface area contributed by atoms with Crippen molar-refractivity contribution in [3.63, 3.8) is 0 Å². The number of halogens is 2. The molecule has 120 valence electrons. The molecule has 0 spiro atoms. The van der Waals surface area contributed by atoms with Crippen molar-refractivity contribution in [1.29, 1.82) is 0 Å². The van der Waals surface area contributed by atoms with Gasteiger partial charge in [-0.05, 0) is 42.5 Å². The minimum Gasteiger partial charge on any atom is -0.486 e. The number of hydrogen-bond donors (Lipinski definition) is 2. The van der Waals surface area contributed by atoms with Crippen LogP contribution in [0.2, 0.25) is 5.02 Å². The zero-order valence-corrected chi connectivity index (χ0v) is 13.6. The summed E-state index contributed by atoms with van der Waals surface area (Å²) < 4.78 is 24.6. The fourth-order valence-electron chi connectivity index (χ4n) is 2.12. The van der Waals surface area contributed by atoms with Crippen molar-refractivity contribution in [2.24, 2.45) is 0 Å². The predicted molar refractivity (Wildman–Crippen MR) is 92.0 cm³/mol. The summed E-state index contributed by atoms with van der Waals surface area (Å²) >= 11 is 10.9. The van der Waals surface area contributed by atoms with Gasteiger partial charge in [0.2, 0.25) is 0 Å². The number of nitrogens with one attached hydrogen (secondary N) is 2. The molecule has 2 aromatic carbocycles. The molecule has 1 aliphatic rings. The second-order valence-electron chi connectivity index (χ2n) is 4.96. The number of benzene rings is 2. The van der Waals surface area contributed by atoms with Crippen LogP contribution in [-0.2, 0) is 0 Å². The van der Waals surface area contributed by atoms with E-state index in [1.807, 2.05) is 24.3 Å². The molecule has 0 radical (unpaired) electrons. The molecule has 0 aromatic heterocycles. The summed E-state index contributed by atoms with van der Waals surface area (Å²) in [4.78, 5) is 0. The van der Waals surface area contributed by atoms with E-state index in [1.165, 1.54) is 12.1 Å². The minimum atomic E-state index is -0.470. The summed E-state index contributed by atoms with van der Waals surface area (Å²) in [6.45, 7) is 0.921. The van der Waals surface area contributed by atoms with E-state index in [0.29, 0.717) is 24.0 Å². The number of thiocarbonyl (C=S) groups is 1. The van der Waals surface area contributed by atoms with E-state index in [0.717, 1.165) is 11.5 Å². The zero-order chi connectivity index (χ0) is 16.2. The van der Waals surface area contributed by atoms with Gasteiger partial charge >= 0.3 is 0 Å². The third-order valence-electron chi connectivity index (χ3n) is 3.24. The summed E-state index contributed by atoms with van der Waals surface area (Å²) in [5.74, 6) is 0.989. The van der Waals surface area contributed by atoms with Crippen LogP contribution >= 0.6 is 23.8 Å². The first-order chi connectivity index (χ1) is 11.1. The van der Waals surface area contributed by atoms with Crippen molar-refractivity contribution >= 4 is 34.6 Å². The van der Waals surface area contributed by atoms with E-state index < -0.39 is 5.82 Å². The van der Waals surface area contributed by atoms with Crippen molar-refractivity contribution in [2.75, 3.05) is 18.5 Å². The Balaban J connectivity index is 1.51. The maximum absolute atomic E-state index is 13.1.